The van der Waals surface area contributed by atoms with Crippen LogP contribution in [0.4, 0.5) is 4.39 Å². The molecule has 0 saturated heterocycles. The molecule has 0 radical (unpaired) electrons. The van der Waals surface area contributed by atoms with Gasteiger partial charge in [0.2, 0.25) is 0 Å². The molecule has 2 rings (SSSR count). The van der Waals surface area contributed by atoms with Crippen molar-refractivity contribution in [2.75, 3.05) is 6.67 Å². The van der Waals surface area contributed by atoms with Crippen molar-refractivity contribution in [2.24, 2.45) is 0 Å². The summed E-state index contributed by atoms with van der Waals surface area (Å²) in [7, 11) is 0. The highest BCUT2D eigenvalue weighted by Crippen LogP contribution is 2.29. The highest BCUT2D eigenvalue weighted by atomic mass is 79.9. The van der Waals surface area contributed by atoms with Crippen LogP contribution in [0.2, 0.25) is 5.15 Å². The lowest BCUT2D eigenvalue weighted by Crippen LogP contribution is -1.98. The van der Waals surface area contributed by atoms with E-state index in [0.717, 1.165) is 9.86 Å². The maximum absolute atomic E-state index is 12.2. The Hall–Kier alpha value is -0.680. The first-order valence-corrected chi connectivity index (χ1v) is 5.12. The molecular weight excluding hydrogens is 272 g/mol. The topological polar surface area (TPSA) is 30.7 Å². The normalized spacial score (nSPS) is 11.1. The number of halogens is 3. The maximum Gasteiger partial charge on any atom is 0.146 e. The molecule has 2 aromatic heterocycles. The van der Waals surface area contributed by atoms with Gasteiger partial charge in [-0.25, -0.2) is 14.4 Å². The number of aromatic nitrogens is 3. The van der Waals surface area contributed by atoms with Crippen LogP contribution in [0.1, 0.15) is 0 Å². The molecule has 0 spiro atoms. The lowest BCUT2D eigenvalue weighted by Gasteiger charge is -1.99. The largest absolute Gasteiger partial charge is 0.329 e. The second-order valence-electron chi connectivity index (χ2n) is 2.72. The van der Waals surface area contributed by atoms with Gasteiger partial charge in [-0.2, -0.15) is 0 Å². The highest BCUT2D eigenvalue weighted by molar-refractivity contribution is 9.10. The van der Waals surface area contributed by atoms with Crippen LogP contribution in [-0.2, 0) is 6.54 Å². The second-order valence-corrected chi connectivity index (χ2v) is 3.93. The number of rotatable bonds is 2. The van der Waals surface area contributed by atoms with Gasteiger partial charge in [-0.15, -0.1) is 0 Å². The fourth-order valence-corrected chi connectivity index (χ4v) is 2.26. The van der Waals surface area contributed by atoms with E-state index in [4.69, 9.17) is 11.6 Å². The molecule has 0 fully saturated rings. The summed E-state index contributed by atoms with van der Waals surface area (Å²) in [5.74, 6) is 0. The van der Waals surface area contributed by atoms with Gasteiger partial charge in [-0.3, -0.25) is 0 Å². The standard InChI is InChI=1S/C8H6BrClFN3/c9-5-3-14(2-1-11)8-6(5)7(10)12-4-13-8/h3-4H,1-2H2. The summed E-state index contributed by atoms with van der Waals surface area (Å²) in [5.41, 5.74) is 0.648. The highest BCUT2D eigenvalue weighted by Gasteiger charge is 2.11. The van der Waals surface area contributed by atoms with Crippen molar-refractivity contribution < 1.29 is 4.39 Å². The van der Waals surface area contributed by atoms with E-state index in [0.29, 0.717) is 10.8 Å². The minimum atomic E-state index is -0.433. The SMILES string of the molecule is FCCn1cc(Br)c2c(Cl)ncnc21. The van der Waals surface area contributed by atoms with Crippen molar-refractivity contribution in [3.63, 3.8) is 0 Å². The van der Waals surface area contributed by atoms with E-state index in [-0.39, 0.29) is 6.54 Å². The Bertz CT molecular complexity index is 471. The van der Waals surface area contributed by atoms with Crippen LogP contribution in [0.25, 0.3) is 11.0 Å². The van der Waals surface area contributed by atoms with E-state index < -0.39 is 6.67 Å². The van der Waals surface area contributed by atoms with E-state index in [1.807, 2.05) is 0 Å². The van der Waals surface area contributed by atoms with Crippen molar-refractivity contribution in [1.29, 1.82) is 0 Å². The molecule has 6 heteroatoms. The van der Waals surface area contributed by atoms with Crippen LogP contribution >= 0.6 is 27.5 Å². The van der Waals surface area contributed by atoms with Crippen molar-refractivity contribution in [3.05, 3.63) is 22.1 Å². The minimum Gasteiger partial charge on any atom is -0.329 e. The Labute approximate surface area is 93.0 Å². The second kappa shape index (κ2) is 3.82. The third-order valence-electron chi connectivity index (χ3n) is 1.89. The Morgan fingerprint density at radius 1 is 1.50 bits per heavy atom. The van der Waals surface area contributed by atoms with Gasteiger partial charge in [0.1, 0.15) is 23.8 Å². The van der Waals surface area contributed by atoms with Gasteiger partial charge >= 0.3 is 0 Å². The van der Waals surface area contributed by atoms with Crippen LogP contribution in [-0.4, -0.2) is 21.2 Å². The summed E-state index contributed by atoms with van der Waals surface area (Å²) < 4.78 is 14.7. The number of hydrogen-bond acceptors (Lipinski definition) is 2. The molecule has 0 aromatic carbocycles. The molecule has 0 saturated carbocycles. The van der Waals surface area contributed by atoms with E-state index in [1.165, 1.54) is 6.33 Å². The molecule has 0 unspecified atom stereocenters. The molecule has 2 aromatic rings. The summed E-state index contributed by atoms with van der Waals surface area (Å²) >= 11 is 9.22. The molecule has 74 valence electrons. The number of alkyl halides is 1. The van der Waals surface area contributed by atoms with Gasteiger partial charge in [0.25, 0.3) is 0 Å². The molecule has 3 nitrogen and oxygen atoms in total. The zero-order valence-corrected chi connectivity index (χ0v) is 9.39. The molecule has 0 aliphatic rings. The lowest BCUT2D eigenvalue weighted by molar-refractivity contribution is 0.450. The molecule has 2 heterocycles. The fourth-order valence-electron chi connectivity index (χ4n) is 1.30. The summed E-state index contributed by atoms with van der Waals surface area (Å²) in [6, 6.07) is 0. The average Bonchev–Trinajstić information content (AvgIpc) is 2.46. The quantitative estimate of drug-likeness (QED) is 0.791. The zero-order chi connectivity index (χ0) is 10.1. The molecule has 0 aliphatic carbocycles. The van der Waals surface area contributed by atoms with Crippen LogP contribution in [0.3, 0.4) is 0 Å². The monoisotopic (exact) mass is 277 g/mol. The van der Waals surface area contributed by atoms with Gasteiger partial charge in [-0.05, 0) is 15.9 Å². The van der Waals surface area contributed by atoms with Crippen LogP contribution in [0.15, 0.2) is 17.0 Å². The van der Waals surface area contributed by atoms with Gasteiger partial charge < -0.3 is 4.57 Å². The summed E-state index contributed by atoms with van der Waals surface area (Å²) in [6.45, 7) is -0.159. The van der Waals surface area contributed by atoms with E-state index >= 15 is 0 Å². The van der Waals surface area contributed by atoms with Gasteiger partial charge in [0, 0.05) is 10.7 Å². The summed E-state index contributed by atoms with van der Waals surface area (Å²) in [6.07, 6.45) is 3.12. The summed E-state index contributed by atoms with van der Waals surface area (Å²) in [4.78, 5) is 7.91. The fraction of sp³-hybridized carbons (Fsp3) is 0.250. The van der Waals surface area contributed by atoms with E-state index in [9.17, 15) is 4.39 Å². The third-order valence-corrected chi connectivity index (χ3v) is 2.77. The van der Waals surface area contributed by atoms with Gasteiger partial charge in [-0.1, -0.05) is 11.6 Å². The Balaban J connectivity index is 2.71. The zero-order valence-electron chi connectivity index (χ0n) is 7.04. The van der Waals surface area contributed by atoms with Crippen molar-refractivity contribution >= 4 is 38.6 Å². The smallest absolute Gasteiger partial charge is 0.146 e. The summed E-state index contributed by atoms with van der Waals surface area (Å²) in [5, 5.41) is 1.10. The third kappa shape index (κ3) is 1.50. The van der Waals surface area contributed by atoms with Crippen molar-refractivity contribution in [1.82, 2.24) is 14.5 Å². The number of nitrogens with zero attached hydrogens (tertiary/aromatic N) is 3. The Morgan fingerprint density at radius 3 is 3.00 bits per heavy atom. The molecule has 0 N–H and O–H groups in total. The van der Waals surface area contributed by atoms with Crippen molar-refractivity contribution in [3.8, 4) is 0 Å². The number of fused-ring (bicyclic) bond motifs is 1. The molecule has 14 heavy (non-hydrogen) atoms. The number of aryl methyl sites for hydroxylation is 1. The first-order chi connectivity index (χ1) is 6.74. The average molecular weight is 279 g/mol. The van der Waals surface area contributed by atoms with Gasteiger partial charge in [0.15, 0.2) is 0 Å². The predicted octanol–water partition coefficient (Wildman–Crippen LogP) is 2.82. The number of hydrogen-bond donors (Lipinski definition) is 0. The van der Waals surface area contributed by atoms with Crippen molar-refractivity contribution in [2.45, 2.75) is 6.54 Å². The Kier molecular flexibility index (Phi) is 2.69. The van der Waals surface area contributed by atoms with E-state index in [2.05, 4.69) is 25.9 Å². The molecule has 0 bridgehead atoms. The van der Waals surface area contributed by atoms with E-state index in [1.54, 1.807) is 10.8 Å². The molecule has 0 amide bonds. The first-order valence-electron chi connectivity index (χ1n) is 3.95. The predicted molar refractivity (Wildman–Crippen MR) is 56.2 cm³/mol. The molecule has 0 atom stereocenters. The Morgan fingerprint density at radius 2 is 2.29 bits per heavy atom. The van der Waals surface area contributed by atoms with Crippen LogP contribution < -0.4 is 0 Å². The van der Waals surface area contributed by atoms with Crippen LogP contribution in [0, 0.1) is 0 Å². The lowest BCUT2D eigenvalue weighted by atomic mass is 10.4. The molecule has 0 aliphatic heterocycles. The van der Waals surface area contributed by atoms with Crippen LogP contribution in [0.5, 0.6) is 0 Å². The first kappa shape index (κ1) is 9.86. The van der Waals surface area contributed by atoms with Gasteiger partial charge in [0.05, 0.1) is 11.9 Å². The minimum absolute atomic E-state index is 0.273. The maximum atomic E-state index is 12.2. The molecular formula is C8H6BrClFN3.